The molecule has 0 bridgehead atoms. The molecule has 2 heteroatoms. The fraction of sp³-hybridized carbons (Fsp3) is 0.0508. The molecule has 0 radical (unpaired) electrons. The van der Waals surface area contributed by atoms with Crippen molar-refractivity contribution in [2.24, 2.45) is 0 Å². The van der Waals surface area contributed by atoms with Crippen LogP contribution in [0.2, 0.25) is 0 Å². The number of anilines is 6. The van der Waals surface area contributed by atoms with Crippen LogP contribution in [0.3, 0.4) is 0 Å². The molecule has 0 aromatic heterocycles. The molecule has 0 unspecified atom stereocenters. The third-order valence-electron chi connectivity index (χ3n) is 12.6. The number of hydrogen-bond acceptors (Lipinski definition) is 2. The van der Waals surface area contributed by atoms with Crippen LogP contribution < -0.4 is 9.80 Å². The average Bonchev–Trinajstić information content (AvgIpc) is 3.54. The third-order valence-corrected chi connectivity index (χ3v) is 12.6. The van der Waals surface area contributed by atoms with E-state index in [-0.39, 0.29) is 5.41 Å². The highest BCUT2D eigenvalue weighted by Crippen LogP contribution is 2.52. The van der Waals surface area contributed by atoms with Gasteiger partial charge in [-0.1, -0.05) is 172 Å². The Bertz CT molecular complexity index is 3120. The van der Waals surface area contributed by atoms with Crippen LogP contribution in [0.5, 0.6) is 0 Å². The minimum Gasteiger partial charge on any atom is -0.310 e. The van der Waals surface area contributed by atoms with Gasteiger partial charge in [0.15, 0.2) is 0 Å². The number of rotatable bonds is 8. The van der Waals surface area contributed by atoms with Crippen LogP contribution in [0.1, 0.15) is 25.0 Å². The van der Waals surface area contributed by atoms with Gasteiger partial charge in [-0.05, 0) is 139 Å². The van der Waals surface area contributed by atoms with Crippen molar-refractivity contribution in [3.63, 3.8) is 0 Å². The summed E-state index contributed by atoms with van der Waals surface area (Å²) in [7, 11) is 0. The SMILES string of the molecule is CC1(C)c2cc(N(c3ccccc3)c3ccc(-c4ccc(-c5ccccc5)cc4)cc3)ccc2-c2ccc(N(c3ccc4ccccc4c3)c3ccc4ccccc4c3)cc21. The number of hydrogen-bond donors (Lipinski definition) is 0. The first-order chi connectivity index (χ1) is 30.0. The lowest BCUT2D eigenvalue weighted by Gasteiger charge is -2.29. The van der Waals surface area contributed by atoms with Crippen LogP contribution in [0.4, 0.5) is 34.1 Å². The highest BCUT2D eigenvalue weighted by atomic mass is 15.1. The molecular formula is C59H44N2. The molecule has 11 rings (SSSR count). The topological polar surface area (TPSA) is 6.48 Å². The molecule has 0 amide bonds. The predicted octanol–water partition coefficient (Wildman–Crippen LogP) is 16.6. The van der Waals surface area contributed by atoms with Gasteiger partial charge in [-0.3, -0.25) is 0 Å². The van der Waals surface area contributed by atoms with Gasteiger partial charge in [0.05, 0.1) is 0 Å². The second kappa shape index (κ2) is 14.9. The Morgan fingerprint density at radius 1 is 0.262 bits per heavy atom. The van der Waals surface area contributed by atoms with Crippen molar-refractivity contribution in [3.05, 3.63) is 242 Å². The zero-order valence-electron chi connectivity index (χ0n) is 34.3. The number of para-hydroxylation sites is 1. The summed E-state index contributed by atoms with van der Waals surface area (Å²) >= 11 is 0. The maximum atomic E-state index is 2.43. The van der Waals surface area contributed by atoms with Crippen LogP contribution >= 0.6 is 0 Å². The number of fused-ring (bicyclic) bond motifs is 5. The van der Waals surface area contributed by atoms with Crippen molar-refractivity contribution in [1.29, 1.82) is 0 Å². The van der Waals surface area contributed by atoms with Gasteiger partial charge in [0, 0.05) is 39.5 Å². The van der Waals surface area contributed by atoms with E-state index in [4.69, 9.17) is 0 Å². The van der Waals surface area contributed by atoms with Crippen molar-refractivity contribution in [1.82, 2.24) is 0 Å². The second-order valence-corrected chi connectivity index (χ2v) is 16.6. The van der Waals surface area contributed by atoms with E-state index in [0.29, 0.717) is 0 Å². The van der Waals surface area contributed by atoms with Gasteiger partial charge in [-0.2, -0.15) is 0 Å². The largest absolute Gasteiger partial charge is 0.310 e. The monoisotopic (exact) mass is 780 g/mol. The van der Waals surface area contributed by atoms with E-state index in [1.165, 1.54) is 66.1 Å². The Morgan fingerprint density at radius 3 is 1.08 bits per heavy atom. The Kier molecular flexibility index (Phi) is 8.86. The molecule has 0 heterocycles. The van der Waals surface area contributed by atoms with Crippen LogP contribution in [-0.2, 0) is 5.41 Å². The van der Waals surface area contributed by atoms with Crippen LogP contribution in [0, 0.1) is 0 Å². The predicted molar refractivity (Wildman–Crippen MR) is 259 cm³/mol. The molecule has 0 atom stereocenters. The molecule has 1 aliphatic rings. The average molecular weight is 781 g/mol. The molecule has 10 aromatic rings. The van der Waals surface area contributed by atoms with E-state index in [1.807, 2.05) is 0 Å². The summed E-state index contributed by atoms with van der Waals surface area (Å²) in [5.74, 6) is 0. The van der Waals surface area contributed by atoms with Crippen LogP contribution in [-0.4, -0.2) is 0 Å². The fourth-order valence-corrected chi connectivity index (χ4v) is 9.38. The summed E-state index contributed by atoms with van der Waals surface area (Å²) in [6, 6.07) is 84.1. The van der Waals surface area contributed by atoms with E-state index < -0.39 is 0 Å². The van der Waals surface area contributed by atoms with Crippen LogP contribution in [0.25, 0.3) is 54.9 Å². The Balaban J connectivity index is 0.964. The molecule has 0 saturated carbocycles. The van der Waals surface area contributed by atoms with Crippen molar-refractivity contribution >= 4 is 55.7 Å². The van der Waals surface area contributed by atoms with Crippen molar-refractivity contribution in [2.45, 2.75) is 19.3 Å². The molecule has 61 heavy (non-hydrogen) atoms. The maximum absolute atomic E-state index is 2.43. The fourth-order valence-electron chi connectivity index (χ4n) is 9.38. The highest BCUT2D eigenvalue weighted by molar-refractivity contribution is 5.94. The number of nitrogens with zero attached hydrogens (tertiary/aromatic N) is 2. The van der Waals surface area contributed by atoms with E-state index in [0.717, 1.165) is 34.1 Å². The van der Waals surface area contributed by atoms with Crippen molar-refractivity contribution < 1.29 is 0 Å². The lowest BCUT2D eigenvalue weighted by molar-refractivity contribution is 0.660. The van der Waals surface area contributed by atoms with Gasteiger partial charge >= 0.3 is 0 Å². The highest BCUT2D eigenvalue weighted by Gasteiger charge is 2.37. The molecule has 1 aliphatic carbocycles. The summed E-state index contributed by atoms with van der Waals surface area (Å²) < 4.78 is 0. The minimum atomic E-state index is -0.243. The standard InChI is InChI=1S/C59H44N2/c1-59(2)57-39-53(60(49-19-7-4-8-20-49)50-29-25-46(26-30-50)45-23-21-44(22-24-45)41-13-5-3-6-14-41)33-35-55(57)56-36-34-54(40-58(56)59)61(51-31-27-42-15-9-11-17-47(42)37-51)52-32-28-43-16-10-12-18-48(43)38-52/h3-40H,1-2H3. The lowest BCUT2D eigenvalue weighted by atomic mass is 9.82. The summed E-state index contributed by atoms with van der Waals surface area (Å²) in [6.07, 6.45) is 0. The van der Waals surface area contributed by atoms with Gasteiger partial charge in [-0.25, -0.2) is 0 Å². The normalized spacial score (nSPS) is 12.6. The first kappa shape index (κ1) is 36.4. The van der Waals surface area contributed by atoms with Crippen molar-refractivity contribution in [3.8, 4) is 33.4 Å². The second-order valence-electron chi connectivity index (χ2n) is 16.6. The summed E-state index contributed by atoms with van der Waals surface area (Å²) in [5, 5.41) is 4.92. The van der Waals surface area contributed by atoms with Gasteiger partial charge in [-0.15, -0.1) is 0 Å². The zero-order chi connectivity index (χ0) is 40.9. The third kappa shape index (κ3) is 6.54. The molecular weight excluding hydrogens is 737 g/mol. The van der Waals surface area contributed by atoms with E-state index >= 15 is 0 Å². The summed E-state index contributed by atoms with van der Waals surface area (Å²) in [4.78, 5) is 4.80. The minimum absolute atomic E-state index is 0.243. The molecule has 290 valence electrons. The first-order valence-electron chi connectivity index (χ1n) is 21.2. The van der Waals surface area contributed by atoms with E-state index in [1.54, 1.807) is 0 Å². The number of benzene rings is 10. The molecule has 0 N–H and O–H groups in total. The Hall–Kier alpha value is -7.68. The Morgan fingerprint density at radius 2 is 0.590 bits per heavy atom. The van der Waals surface area contributed by atoms with Gasteiger partial charge < -0.3 is 9.80 Å². The lowest BCUT2D eigenvalue weighted by Crippen LogP contribution is -2.17. The molecule has 0 spiro atoms. The smallest absolute Gasteiger partial charge is 0.0468 e. The van der Waals surface area contributed by atoms with Gasteiger partial charge in [0.2, 0.25) is 0 Å². The van der Waals surface area contributed by atoms with Crippen LogP contribution in [0.15, 0.2) is 231 Å². The van der Waals surface area contributed by atoms with E-state index in [9.17, 15) is 0 Å². The van der Waals surface area contributed by atoms with Gasteiger partial charge in [0.25, 0.3) is 0 Å². The summed E-state index contributed by atoms with van der Waals surface area (Å²) in [5.41, 5.74) is 16.7. The van der Waals surface area contributed by atoms with E-state index in [2.05, 4.69) is 254 Å². The van der Waals surface area contributed by atoms with Gasteiger partial charge in [0.1, 0.15) is 0 Å². The molecule has 0 saturated heterocycles. The molecule has 2 nitrogen and oxygen atoms in total. The Labute approximate surface area is 358 Å². The zero-order valence-corrected chi connectivity index (χ0v) is 34.3. The van der Waals surface area contributed by atoms with Crippen molar-refractivity contribution in [2.75, 3.05) is 9.80 Å². The molecule has 0 fully saturated rings. The first-order valence-corrected chi connectivity index (χ1v) is 21.2. The molecule has 10 aromatic carbocycles. The molecule has 0 aliphatic heterocycles. The summed E-state index contributed by atoms with van der Waals surface area (Å²) in [6.45, 7) is 4.76. The maximum Gasteiger partial charge on any atom is 0.0468 e. The quantitative estimate of drug-likeness (QED) is 0.152.